The van der Waals surface area contributed by atoms with Gasteiger partial charge in [0.1, 0.15) is 6.54 Å². The van der Waals surface area contributed by atoms with Gasteiger partial charge in [-0.05, 0) is 29.2 Å². The predicted molar refractivity (Wildman–Crippen MR) is 119 cm³/mol. The molecule has 0 N–H and O–H groups in total. The Bertz CT molecular complexity index is 855. The summed E-state index contributed by atoms with van der Waals surface area (Å²) in [6.07, 6.45) is 6.03. The maximum absolute atomic E-state index is 12.9. The number of benzene rings is 1. The lowest BCUT2D eigenvalue weighted by molar-refractivity contribution is -0.548. The topological polar surface area (TPSA) is 56.0 Å². The van der Waals surface area contributed by atoms with E-state index >= 15 is 0 Å². The standard InChI is InChI=1S/C21H28ClN4O2S/c1-4-5-6-7-10-13-29-20-23-18-17(19(27)25(3)21(28)24(18)2)26(20)14-15-11-8-9-12-16(15)22/h8-9,11-12,17H,4-7,10,13-14H2,1-3H3/q+1. The van der Waals surface area contributed by atoms with E-state index in [0.29, 0.717) is 17.4 Å². The number of imide groups is 1. The van der Waals surface area contributed by atoms with Crippen molar-refractivity contribution in [2.75, 3.05) is 19.8 Å². The number of amidine groups is 2. The molecule has 29 heavy (non-hydrogen) atoms. The second kappa shape index (κ2) is 9.76. The normalized spacial score (nSPS) is 19.2. The Morgan fingerprint density at radius 1 is 1.10 bits per heavy atom. The van der Waals surface area contributed by atoms with Crippen LogP contribution in [0.2, 0.25) is 5.02 Å². The summed E-state index contributed by atoms with van der Waals surface area (Å²) < 4.78 is 1.98. The van der Waals surface area contributed by atoms with Crippen molar-refractivity contribution in [3.63, 3.8) is 0 Å². The largest absolute Gasteiger partial charge is 0.358 e. The van der Waals surface area contributed by atoms with E-state index in [9.17, 15) is 9.59 Å². The van der Waals surface area contributed by atoms with E-state index in [1.54, 1.807) is 18.8 Å². The Balaban J connectivity index is 1.84. The first-order valence-corrected chi connectivity index (χ1v) is 11.5. The highest BCUT2D eigenvalue weighted by Crippen LogP contribution is 2.26. The molecule has 1 atom stereocenters. The summed E-state index contributed by atoms with van der Waals surface area (Å²) >= 11 is 8.03. The van der Waals surface area contributed by atoms with Gasteiger partial charge in [-0.25, -0.2) is 9.37 Å². The fraction of sp³-hybridized carbons (Fsp3) is 0.524. The lowest BCUT2D eigenvalue weighted by atomic mass is 10.1. The van der Waals surface area contributed by atoms with Crippen molar-refractivity contribution in [3.8, 4) is 0 Å². The van der Waals surface area contributed by atoms with E-state index in [4.69, 9.17) is 16.6 Å². The number of hydrogen-bond donors (Lipinski definition) is 0. The number of rotatable bonds is 8. The molecule has 1 saturated heterocycles. The molecule has 6 nitrogen and oxygen atoms in total. The number of likely N-dealkylation sites (N-methyl/N-ethyl adjacent to an activating group) is 2. The van der Waals surface area contributed by atoms with Gasteiger partial charge in [0.05, 0.1) is 0 Å². The molecule has 0 aliphatic carbocycles. The van der Waals surface area contributed by atoms with Crippen LogP contribution in [0.15, 0.2) is 29.3 Å². The molecule has 0 saturated carbocycles. The Hall–Kier alpha value is -1.86. The van der Waals surface area contributed by atoms with Crippen LogP contribution in [0.25, 0.3) is 0 Å². The van der Waals surface area contributed by atoms with Crippen LogP contribution in [-0.4, -0.2) is 63.2 Å². The average molecular weight is 436 g/mol. The summed E-state index contributed by atoms with van der Waals surface area (Å²) in [5.41, 5.74) is 0.932. The number of hydrogen-bond acceptors (Lipinski definition) is 4. The Kier molecular flexibility index (Phi) is 7.35. The molecule has 0 aromatic heterocycles. The third-order valence-corrected chi connectivity index (χ3v) is 6.72. The SMILES string of the molecule is CCCCCCCSC1=[N+](Cc2ccccc2Cl)C2C(=O)N(C)C(=O)N(C)C2=N1. The van der Waals surface area contributed by atoms with Crippen LogP contribution in [0, 0.1) is 0 Å². The zero-order chi connectivity index (χ0) is 21.0. The number of thioether (sulfide) groups is 1. The molecule has 0 bridgehead atoms. The van der Waals surface area contributed by atoms with Crippen LogP contribution in [0.4, 0.5) is 4.79 Å². The summed E-state index contributed by atoms with van der Waals surface area (Å²) in [4.78, 5) is 32.6. The molecule has 0 radical (unpaired) electrons. The first-order valence-electron chi connectivity index (χ1n) is 10.1. The monoisotopic (exact) mass is 435 g/mol. The summed E-state index contributed by atoms with van der Waals surface area (Å²) in [5, 5.41) is 1.44. The third-order valence-electron chi connectivity index (χ3n) is 5.27. The molecule has 0 spiro atoms. The minimum Gasteiger partial charge on any atom is -0.269 e. The van der Waals surface area contributed by atoms with E-state index in [1.165, 1.54) is 42.5 Å². The molecular formula is C21H28ClN4O2S+. The molecule has 3 amide bonds. The number of fused-ring (bicyclic) bond motifs is 1. The van der Waals surface area contributed by atoms with Crippen molar-refractivity contribution in [2.24, 2.45) is 4.99 Å². The second-order valence-corrected chi connectivity index (χ2v) is 8.85. The van der Waals surface area contributed by atoms with Crippen molar-refractivity contribution in [3.05, 3.63) is 34.9 Å². The molecule has 2 aliphatic rings. The second-order valence-electron chi connectivity index (χ2n) is 7.38. The maximum atomic E-state index is 12.9. The highest BCUT2D eigenvalue weighted by molar-refractivity contribution is 8.13. The van der Waals surface area contributed by atoms with Gasteiger partial charge in [-0.3, -0.25) is 14.6 Å². The number of unbranched alkanes of at least 4 members (excludes halogenated alkanes) is 4. The van der Waals surface area contributed by atoms with E-state index in [2.05, 4.69) is 6.92 Å². The molecule has 1 aromatic carbocycles. The Labute approximate surface area is 181 Å². The lowest BCUT2D eigenvalue weighted by Crippen LogP contribution is -2.61. The van der Waals surface area contributed by atoms with Gasteiger partial charge in [0.2, 0.25) is 0 Å². The molecule has 2 aliphatic heterocycles. The molecule has 156 valence electrons. The molecule has 1 aromatic rings. The molecule has 1 unspecified atom stereocenters. The lowest BCUT2D eigenvalue weighted by Gasteiger charge is -2.30. The molecular weight excluding hydrogens is 408 g/mol. The molecule has 1 fully saturated rings. The van der Waals surface area contributed by atoms with Crippen molar-refractivity contribution >= 4 is 46.3 Å². The first kappa shape index (κ1) is 21.8. The number of aliphatic imine (C=N–C) groups is 1. The van der Waals surface area contributed by atoms with Crippen molar-refractivity contribution in [2.45, 2.75) is 51.6 Å². The van der Waals surface area contributed by atoms with Gasteiger partial charge >= 0.3 is 11.2 Å². The van der Waals surface area contributed by atoms with Crippen LogP contribution in [0.1, 0.15) is 44.6 Å². The van der Waals surface area contributed by atoms with Crippen LogP contribution in [0.3, 0.4) is 0 Å². The van der Waals surface area contributed by atoms with E-state index < -0.39 is 6.04 Å². The van der Waals surface area contributed by atoms with Gasteiger partial charge in [0.25, 0.3) is 17.8 Å². The fourth-order valence-electron chi connectivity index (χ4n) is 3.53. The smallest absolute Gasteiger partial charge is 0.269 e. The number of urea groups is 1. The zero-order valence-corrected chi connectivity index (χ0v) is 18.8. The van der Waals surface area contributed by atoms with Gasteiger partial charge in [-0.1, -0.05) is 62.4 Å². The maximum Gasteiger partial charge on any atom is 0.358 e. The van der Waals surface area contributed by atoms with Gasteiger partial charge in [-0.15, -0.1) is 0 Å². The van der Waals surface area contributed by atoms with Gasteiger partial charge in [-0.2, -0.15) is 0 Å². The van der Waals surface area contributed by atoms with E-state index in [-0.39, 0.29) is 11.9 Å². The number of halogens is 1. The summed E-state index contributed by atoms with van der Waals surface area (Å²) in [6, 6.07) is 6.68. The van der Waals surface area contributed by atoms with Crippen molar-refractivity contribution in [1.82, 2.24) is 9.80 Å². The fourth-order valence-corrected chi connectivity index (χ4v) is 4.75. The molecule has 2 heterocycles. The minimum atomic E-state index is -0.596. The summed E-state index contributed by atoms with van der Waals surface area (Å²) in [6.45, 7) is 2.68. The molecule has 8 heteroatoms. The van der Waals surface area contributed by atoms with Crippen LogP contribution in [-0.2, 0) is 11.3 Å². The number of carbonyl (C=O) groups is 2. The quantitative estimate of drug-likeness (QED) is 0.453. The Morgan fingerprint density at radius 3 is 2.55 bits per heavy atom. The van der Waals surface area contributed by atoms with Crippen molar-refractivity contribution in [1.29, 1.82) is 0 Å². The van der Waals surface area contributed by atoms with Crippen molar-refractivity contribution < 1.29 is 14.2 Å². The number of nitrogens with zero attached hydrogens (tertiary/aromatic N) is 4. The van der Waals surface area contributed by atoms with E-state index in [0.717, 1.165) is 22.9 Å². The van der Waals surface area contributed by atoms with Crippen LogP contribution >= 0.6 is 23.4 Å². The third kappa shape index (κ3) is 4.67. The number of carbonyl (C=O) groups excluding carboxylic acids is 2. The van der Waals surface area contributed by atoms with Crippen LogP contribution in [0.5, 0.6) is 0 Å². The van der Waals surface area contributed by atoms with E-state index in [1.807, 2.05) is 28.8 Å². The summed E-state index contributed by atoms with van der Waals surface area (Å²) in [7, 11) is 3.19. The molecule has 3 rings (SSSR count). The Morgan fingerprint density at radius 2 is 1.83 bits per heavy atom. The van der Waals surface area contributed by atoms with Crippen LogP contribution < -0.4 is 0 Å². The first-order chi connectivity index (χ1) is 14.0. The average Bonchev–Trinajstić information content (AvgIpc) is 3.07. The van der Waals surface area contributed by atoms with Gasteiger partial charge < -0.3 is 0 Å². The predicted octanol–water partition coefficient (Wildman–Crippen LogP) is 4.22. The van der Waals surface area contributed by atoms with Gasteiger partial charge in [0, 0.05) is 30.4 Å². The van der Waals surface area contributed by atoms with Gasteiger partial charge in [0.15, 0.2) is 0 Å². The highest BCUT2D eigenvalue weighted by Gasteiger charge is 2.53. The minimum absolute atomic E-state index is 0.252. The zero-order valence-electron chi connectivity index (χ0n) is 17.2. The highest BCUT2D eigenvalue weighted by atomic mass is 35.5. The number of amides is 3. The summed E-state index contributed by atoms with van der Waals surface area (Å²) in [5.74, 6) is 1.18.